The summed E-state index contributed by atoms with van der Waals surface area (Å²) in [5, 5.41) is 12.1. The van der Waals surface area contributed by atoms with Crippen molar-refractivity contribution in [3.63, 3.8) is 0 Å². The molecule has 1 aromatic heterocycles. The number of hydrogen-bond donors (Lipinski definition) is 1. The number of benzene rings is 2. The normalized spacial score (nSPS) is 18.3. The van der Waals surface area contributed by atoms with Gasteiger partial charge in [0.05, 0.1) is 5.52 Å². The Labute approximate surface area is 159 Å². The molecule has 2 aromatic carbocycles. The number of phenolic OH excluding ortho intramolecular Hbond substituents is 1. The minimum atomic E-state index is 0.368. The van der Waals surface area contributed by atoms with Crippen LogP contribution in [0.2, 0.25) is 5.02 Å². The van der Waals surface area contributed by atoms with Crippen LogP contribution in [-0.4, -0.2) is 27.6 Å². The molecule has 0 bridgehead atoms. The van der Waals surface area contributed by atoms with Crippen molar-refractivity contribution in [1.82, 2.24) is 9.88 Å². The minimum absolute atomic E-state index is 0.368. The number of aromatic nitrogens is 1. The molecule has 0 aliphatic carbocycles. The second-order valence-corrected chi connectivity index (χ2v) is 7.62. The first-order chi connectivity index (χ1) is 12.6. The number of aromatic hydroxyl groups is 1. The lowest BCUT2D eigenvalue weighted by Gasteiger charge is -2.33. The Kier molecular flexibility index (Phi) is 4.84. The number of halogens is 1. The first-order valence-corrected chi connectivity index (χ1v) is 9.60. The van der Waals surface area contributed by atoms with Gasteiger partial charge in [-0.3, -0.25) is 9.88 Å². The van der Waals surface area contributed by atoms with Gasteiger partial charge >= 0.3 is 0 Å². The molecule has 26 heavy (non-hydrogen) atoms. The fraction of sp³-hybridized carbons (Fsp3) is 0.318. The van der Waals surface area contributed by atoms with Crippen molar-refractivity contribution in [3.05, 3.63) is 59.2 Å². The summed E-state index contributed by atoms with van der Waals surface area (Å²) in [7, 11) is 0. The molecule has 1 N–H and O–H groups in total. The van der Waals surface area contributed by atoms with E-state index >= 15 is 0 Å². The van der Waals surface area contributed by atoms with Gasteiger partial charge in [0.1, 0.15) is 5.75 Å². The van der Waals surface area contributed by atoms with Crippen LogP contribution in [0.5, 0.6) is 5.75 Å². The fourth-order valence-electron chi connectivity index (χ4n) is 3.86. The third-order valence-corrected chi connectivity index (χ3v) is 5.64. The standard InChI is InChI=1S/C22H23ClN2O/c1-15-4-2-3-11-25(15)14-17-12-16(5-8-22(17)26)19-9-10-24-21-13-18(23)6-7-20(19)21/h5-10,12-13,15,26H,2-4,11,14H2,1H3. The molecular formula is C22H23ClN2O. The smallest absolute Gasteiger partial charge is 0.120 e. The summed E-state index contributed by atoms with van der Waals surface area (Å²) in [5.74, 6) is 0.368. The number of nitrogens with zero attached hydrogens (tertiary/aromatic N) is 2. The number of hydrogen-bond acceptors (Lipinski definition) is 3. The van der Waals surface area contributed by atoms with Crippen molar-refractivity contribution >= 4 is 22.5 Å². The lowest BCUT2D eigenvalue weighted by molar-refractivity contribution is 0.151. The van der Waals surface area contributed by atoms with Crippen LogP contribution >= 0.6 is 11.6 Å². The van der Waals surface area contributed by atoms with Crippen molar-refractivity contribution < 1.29 is 5.11 Å². The first kappa shape index (κ1) is 17.3. The van der Waals surface area contributed by atoms with E-state index in [4.69, 9.17) is 11.6 Å². The molecule has 1 fully saturated rings. The zero-order valence-electron chi connectivity index (χ0n) is 15.0. The second kappa shape index (κ2) is 7.26. The van der Waals surface area contributed by atoms with Gasteiger partial charge < -0.3 is 5.11 Å². The molecule has 0 saturated carbocycles. The Hall–Kier alpha value is -2.10. The molecular weight excluding hydrogens is 344 g/mol. The van der Waals surface area contributed by atoms with Crippen LogP contribution in [0.25, 0.3) is 22.0 Å². The average molecular weight is 367 g/mol. The highest BCUT2D eigenvalue weighted by atomic mass is 35.5. The van der Waals surface area contributed by atoms with Gasteiger partial charge in [0.25, 0.3) is 0 Å². The summed E-state index contributed by atoms with van der Waals surface area (Å²) < 4.78 is 0. The van der Waals surface area contributed by atoms with Crippen molar-refractivity contribution in [1.29, 1.82) is 0 Å². The largest absolute Gasteiger partial charge is 0.508 e. The summed E-state index contributed by atoms with van der Waals surface area (Å²) in [6.07, 6.45) is 5.58. The van der Waals surface area contributed by atoms with Crippen molar-refractivity contribution in [3.8, 4) is 16.9 Å². The zero-order valence-corrected chi connectivity index (χ0v) is 15.7. The van der Waals surface area contributed by atoms with Gasteiger partial charge in [-0.2, -0.15) is 0 Å². The van der Waals surface area contributed by atoms with Gasteiger partial charge in [-0.1, -0.05) is 30.2 Å². The Bertz CT molecular complexity index is 941. The van der Waals surface area contributed by atoms with E-state index in [0.717, 1.165) is 40.7 Å². The molecule has 0 radical (unpaired) electrons. The van der Waals surface area contributed by atoms with E-state index in [9.17, 15) is 5.11 Å². The molecule has 4 rings (SSSR count). The molecule has 1 aliphatic heterocycles. The van der Waals surface area contributed by atoms with E-state index in [1.54, 1.807) is 0 Å². The SMILES string of the molecule is CC1CCCCN1Cc1cc(-c2ccnc3cc(Cl)ccc23)ccc1O. The van der Waals surface area contributed by atoms with Crippen molar-refractivity contribution in [2.75, 3.05) is 6.54 Å². The van der Waals surface area contributed by atoms with Gasteiger partial charge in [0, 0.05) is 34.8 Å². The van der Waals surface area contributed by atoms with E-state index in [1.165, 1.54) is 19.3 Å². The lowest BCUT2D eigenvalue weighted by atomic mass is 9.98. The molecule has 1 aliphatic rings. The fourth-order valence-corrected chi connectivity index (χ4v) is 4.03. The number of pyridine rings is 1. The average Bonchev–Trinajstić information content (AvgIpc) is 2.64. The molecule has 1 atom stereocenters. The molecule has 0 amide bonds. The Morgan fingerprint density at radius 2 is 2.04 bits per heavy atom. The number of phenols is 1. The van der Waals surface area contributed by atoms with Crippen LogP contribution in [-0.2, 0) is 6.54 Å². The summed E-state index contributed by atoms with van der Waals surface area (Å²) in [5.41, 5.74) is 4.07. The molecule has 4 heteroatoms. The van der Waals surface area contributed by atoms with Crippen molar-refractivity contribution in [2.45, 2.75) is 38.8 Å². The van der Waals surface area contributed by atoms with Gasteiger partial charge in [-0.25, -0.2) is 0 Å². The molecule has 3 aromatic rings. The van der Waals surface area contributed by atoms with Crippen LogP contribution in [0.4, 0.5) is 0 Å². The molecule has 134 valence electrons. The maximum atomic E-state index is 10.4. The van der Waals surface area contributed by atoms with E-state index < -0.39 is 0 Å². The van der Waals surface area contributed by atoms with Crippen LogP contribution in [0.1, 0.15) is 31.7 Å². The predicted octanol–water partition coefficient (Wildman–Crippen LogP) is 5.64. The highest BCUT2D eigenvalue weighted by Crippen LogP contribution is 2.33. The highest BCUT2D eigenvalue weighted by molar-refractivity contribution is 6.31. The number of rotatable bonds is 3. The summed E-state index contributed by atoms with van der Waals surface area (Å²) >= 11 is 6.11. The first-order valence-electron chi connectivity index (χ1n) is 9.22. The summed E-state index contributed by atoms with van der Waals surface area (Å²) in [4.78, 5) is 6.89. The van der Waals surface area contributed by atoms with Crippen LogP contribution in [0.15, 0.2) is 48.7 Å². The minimum Gasteiger partial charge on any atom is -0.508 e. The van der Waals surface area contributed by atoms with Gasteiger partial charge in [-0.05, 0) is 67.8 Å². The number of fused-ring (bicyclic) bond motifs is 1. The molecule has 2 heterocycles. The summed E-state index contributed by atoms with van der Waals surface area (Å²) in [6, 6.07) is 14.3. The zero-order chi connectivity index (χ0) is 18.1. The Balaban J connectivity index is 1.72. The van der Waals surface area contributed by atoms with E-state index in [1.807, 2.05) is 42.6 Å². The monoisotopic (exact) mass is 366 g/mol. The van der Waals surface area contributed by atoms with E-state index in [2.05, 4.69) is 22.9 Å². The topological polar surface area (TPSA) is 36.4 Å². The van der Waals surface area contributed by atoms with Crippen LogP contribution in [0, 0.1) is 0 Å². The third kappa shape index (κ3) is 3.42. The molecule has 0 spiro atoms. The van der Waals surface area contributed by atoms with Crippen molar-refractivity contribution in [2.24, 2.45) is 0 Å². The summed E-state index contributed by atoms with van der Waals surface area (Å²) in [6.45, 7) is 4.16. The van der Waals surface area contributed by atoms with E-state index in [0.29, 0.717) is 16.8 Å². The number of likely N-dealkylation sites (tertiary alicyclic amines) is 1. The second-order valence-electron chi connectivity index (χ2n) is 7.18. The maximum Gasteiger partial charge on any atom is 0.120 e. The van der Waals surface area contributed by atoms with Crippen LogP contribution in [0.3, 0.4) is 0 Å². The molecule has 1 saturated heterocycles. The van der Waals surface area contributed by atoms with Crippen LogP contribution < -0.4 is 0 Å². The van der Waals surface area contributed by atoms with Gasteiger partial charge in [0.2, 0.25) is 0 Å². The number of piperidine rings is 1. The van der Waals surface area contributed by atoms with Gasteiger partial charge in [-0.15, -0.1) is 0 Å². The Morgan fingerprint density at radius 3 is 2.88 bits per heavy atom. The Morgan fingerprint density at radius 1 is 1.15 bits per heavy atom. The maximum absolute atomic E-state index is 10.4. The predicted molar refractivity (Wildman–Crippen MR) is 108 cm³/mol. The van der Waals surface area contributed by atoms with Gasteiger partial charge in [0.15, 0.2) is 0 Å². The van der Waals surface area contributed by atoms with E-state index in [-0.39, 0.29) is 0 Å². The third-order valence-electron chi connectivity index (χ3n) is 5.41. The molecule has 1 unspecified atom stereocenters. The quantitative estimate of drug-likeness (QED) is 0.652. The lowest BCUT2D eigenvalue weighted by Crippen LogP contribution is -2.36. The molecule has 3 nitrogen and oxygen atoms in total. The highest BCUT2D eigenvalue weighted by Gasteiger charge is 2.19.